The van der Waals surface area contributed by atoms with E-state index in [-0.39, 0.29) is 11.4 Å². The van der Waals surface area contributed by atoms with Crippen molar-refractivity contribution >= 4 is 33.9 Å². The number of piperazine rings is 1. The summed E-state index contributed by atoms with van der Waals surface area (Å²) in [4.78, 5) is 21.2. The number of carbonyl (C=O) groups is 1. The first-order chi connectivity index (χ1) is 17.8. The van der Waals surface area contributed by atoms with Crippen LogP contribution in [0.25, 0.3) is 10.9 Å². The summed E-state index contributed by atoms with van der Waals surface area (Å²) in [6.45, 7) is 2.60. The van der Waals surface area contributed by atoms with E-state index in [1.807, 2.05) is 29.2 Å². The number of amides is 1. The first-order valence-electron chi connectivity index (χ1n) is 11.8. The number of anilines is 3. The number of aromatic nitrogens is 1. The van der Waals surface area contributed by atoms with Gasteiger partial charge in [-0.2, -0.15) is 13.2 Å². The predicted octanol–water partition coefficient (Wildman–Crippen LogP) is 5.97. The van der Waals surface area contributed by atoms with Crippen LogP contribution in [0.4, 0.5) is 30.2 Å². The van der Waals surface area contributed by atoms with Gasteiger partial charge in [0.05, 0.1) is 23.9 Å². The molecule has 0 radical (unpaired) electrons. The number of carbonyl (C=O) groups excluding carboxylic acids is 1. The number of nitrogens with one attached hydrogen (secondary N) is 1. The topological polar surface area (TPSA) is 57.7 Å². The number of benzene rings is 3. The van der Waals surface area contributed by atoms with Crippen molar-refractivity contribution in [3.63, 3.8) is 0 Å². The Morgan fingerprint density at radius 1 is 0.946 bits per heavy atom. The van der Waals surface area contributed by atoms with Gasteiger partial charge in [-0.3, -0.25) is 9.78 Å². The number of nitrogens with zero attached hydrogens (tertiary/aromatic N) is 3. The molecular weight excluding hydrogens is 481 g/mol. The van der Waals surface area contributed by atoms with Crippen molar-refractivity contribution in [3.05, 3.63) is 90.1 Å². The SMILES string of the molecule is COc1ccccc1N1CCN(C(=O)c2ccc(Nc3ccnc4cc(C(F)(F)F)ccc34)cc2)CC1. The van der Waals surface area contributed by atoms with Crippen molar-refractivity contribution in [3.8, 4) is 5.75 Å². The van der Waals surface area contributed by atoms with Crippen molar-refractivity contribution in [2.24, 2.45) is 0 Å². The van der Waals surface area contributed by atoms with Gasteiger partial charge in [-0.1, -0.05) is 18.2 Å². The quantitative estimate of drug-likeness (QED) is 0.362. The van der Waals surface area contributed by atoms with E-state index in [4.69, 9.17) is 4.74 Å². The summed E-state index contributed by atoms with van der Waals surface area (Å²) in [7, 11) is 1.65. The molecule has 37 heavy (non-hydrogen) atoms. The highest BCUT2D eigenvalue weighted by Gasteiger charge is 2.30. The Hall–Kier alpha value is -4.27. The Kier molecular flexibility index (Phi) is 6.60. The zero-order valence-electron chi connectivity index (χ0n) is 20.1. The first-order valence-corrected chi connectivity index (χ1v) is 11.8. The Morgan fingerprint density at radius 2 is 1.68 bits per heavy atom. The minimum Gasteiger partial charge on any atom is -0.495 e. The molecule has 4 aromatic rings. The third kappa shape index (κ3) is 5.16. The second kappa shape index (κ2) is 10.0. The maximum Gasteiger partial charge on any atom is 0.416 e. The molecule has 1 N–H and O–H groups in total. The van der Waals surface area contributed by atoms with Crippen molar-refractivity contribution in [2.45, 2.75) is 6.18 Å². The first kappa shape index (κ1) is 24.4. The van der Waals surface area contributed by atoms with E-state index < -0.39 is 11.7 Å². The minimum absolute atomic E-state index is 0.0414. The monoisotopic (exact) mass is 506 g/mol. The summed E-state index contributed by atoms with van der Waals surface area (Å²) < 4.78 is 44.6. The number of fused-ring (bicyclic) bond motifs is 1. The highest BCUT2D eigenvalue weighted by Crippen LogP contribution is 2.33. The molecular formula is C28H25F3N4O2. The van der Waals surface area contributed by atoms with Crippen LogP contribution in [0.15, 0.2) is 79.0 Å². The average molecular weight is 507 g/mol. The Labute approximate surface area is 212 Å². The summed E-state index contributed by atoms with van der Waals surface area (Å²) in [5.41, 5.74) is 2.45. The van der Waals surface area contributed by atoms with Gasteiger partial charge < -0.3 is 19.9 Å². The van der Waals surface area contributed by atoms with Gasteiger partial charge in [0.25, 0.3) is 5.91 Å². The maximum atomic E-state index is 13.1. The highest BCUT2D eigenvalue weighted by molar-refractivity contribution is 5.96. The van der Waals surface area contributed by atoms with Gasteiger partial charge in [-0.15, -0.1) is 0 Å². The van der Waals surface area contributed by atoms with Crippen LogP contribution in [0, 0.1) is 0 Å². The molecule has 0 saturated carbocycles. The number of rotatable bonds is 5. The Bertz CT molecular complexity index is 1420. The fourth-order valence-electron chi connectivity index (χ4n) is 4.51. The van der Waals surface area contributed by atoms with Crippen LogP contribution in [0.1, 0.15) is 15.9 Å². The lowest BCUT2D eigenvalue weighted by molar-refractivity contribution is -0.137. The zero-order valence-corrected chi connectivity index (χ0v) is 20.1. The van der Waals surface area contributed by atoms with E-state index in [1.54, 1.807) is 37.4 Å². The van der Waals surface area contributed by atoms with Gasteiger partial charge in [-0.25, -0.2) is 0 Å². The van der Waals surface area contributed by atoms with Crippen LogP contribution in [-0.2, 0) is 6.18 Å². The van der Waals surface area contributed by atoms with Gasteiger partial charge >= 0.3 is 6.18 Å². The van der Waals surface area contributed by atoms with Gasteiger partial charge in [0.2, 0.25) is 0 Å². The number of methoxy groups -OCH3 is 1. The normalized spacial score (nSPS) is 14.1. The number of para-hydroxylation sites is 2. The molecule has 6 nitrogen and oxygen atoms in total. The second-order valence-corrected chi connectivity index (χ2v) is 8.74. The molecule has 0 bridgehead atoms. The lowest BCUT2D eigenvalue weighted by Gasteiger charge is -2.36. The number of halogens is 3. The van der Waals surface area contributed by atoms with Gasteiger partial charge in [0.1, 0.15) is 5.75 Å². The van der Waals surface area contributed by atoms with Crippen LogP contribution in [0.5, 0.6) is 5.75 Å². The molecule has 9 heteroatoms. The molecule has 0 atom stereocenters. The number of hydrogen-bond acceptors (Lipinski definition) is 5. The number of alkyl halides is 3. The van der Waals surface area contributed by atoms with Crippen molar-refractivity contribution in [1.29, 1.82) is 0 Å². The smallest absolute Gasteiger partial charge is 0.416 e. The minimum atomic E-state index is -4.43. The van der Waals surface area contributed by atoms with Crippen LogP contribution in [0.2, 0.25) is 0 Å². The van der Waals surface area contributed by atoms with Crippen LogP contribution >= 0.6 is 0 Å². The lowest BCUT2D eigenvalue weighted by atomic mass is 10.1. The van der Waals surface area contributed by atoms with Gasteiger partial charge in [-0.05, 0) is 54.6 Å². The van der Waals surface area contributed by atoms with Crippen molar-refractivity contribution in [2.75, 3.05) is 43.5 Å². The van der Waals surface area contributed by atoms with Crippen LogP contribution in [-0.4, -0.2) is 49.1 Å². The third-order valence-corrected chi connectivity index (χ3v) is 6.47. The molecule has 1 aliphatic rings. The molecule has 1 aliphatic heterocycles. The van der Waals surface area contributed by atoms with E-state index in [2.05, 4.69) is 15.2 Å². The Balaban J connectivity index is 1.25. The van der Waals surface area contributed by atoms with E-state index in [0.717, 1.165) is 23.6 Å². The summed E-state index contributed by atoms with van der Waals surface area (Å²) in [6.07, 6.45) is -2.96. The number of pyridine rings is 1. The molecule has 3 aromatic carbocycles. The fourth-order valence-corrected chi connectivity index (χ4v) is 4.51. The maximum absolute atomic E-state index is 13.1. The van der Waals surface area contributed by atoms with Crippen molar-refractivity contribution < 1.29 is 22.7 Å². The average Bonchev–Trinajstić information content (AvgIpc) is 2.92. The highest BCUT2D eigenvalue weighted by atomic mass is 19.4. The number of ether oxygens (including phenoxy) is 1. The van der Waals surface area contributed by atoms with E-state index in [0.29, 0.717) is 48.5 Å². The molecule has 1 saturated heterocycles. The predicted molar refractivity (Wildman–Crippen MR) is 138 cm³/mol. The standard InChI is InChI=1S/C28H25F3N4O2/c1-37-26-5-3-2-4-25(26)34-14-16-35(17-15-34)27(36)19-6-9-21(10-7-19)33-23-12-13-32-24-18-20(28(29,30)31)8-11-22(23)24/h2-13,18H,14-17H2,1H3,(H,32,33). The summed E-state index contributed by atoms with van der Waals surface area (Å²) in [5.74, 6) is 0.772. The second-order valence-electron chi connectivity index (χ2n) is 8.74. The lowest BCUT2D eigenvalue weighted by Crippen LogP contribution is -2.48. The van der Waals surface area contributed by atoms with E-state index in [9.17, 15) is 18.0 Å². The summed E-state index contributed by atoms with van der Waals surface area (Å²) in [5, 5.41) is 3.79. The van der Waals surface area contributed by atoms with Crippen molar-refractivity contribution in [1.82, 2.24) is 9.88 Å². The molecule has 1 amide bonds. The molecule has 1 aromatic heterocycles. The molecule has 1 fully saturated rings. The van der Waals surface area contributed by atoms with Crippen LogP contribution < -0.4 is 15.0 Å². The largest absolute Gasteiger partial charge is 0.495 e. The summed E-state index contributed by atoms with van der Waals surface area (Å²) >= 11 is 0. The molecule has 5 rings (SSSR count). The van der Waals surface area contributed by atoms with Gasteiger partial charge in [0.15, 0.2) is 0 Å². The fraction of sp³-hybridized carbons (Fsp3) is 0.214. The van der Waals surface area contributed by atoms with Gasteiger partial charge in [0, 0.05) is 54.7 Å². The van der Waals surface area contributed by atoms with E-state index >= 15 is 0 Å². The molecule has 0 spiro atoms. The molecule has 0 aliphatic carbocycles. The molecule has 0 unspecified atom stereocenters. The number of hydrogen-bond donors (Lipinski definition) is 1. The summed E-state index contributed by atoms with van der Waals surface area (Å²) in [6, 6.07) is 20.1. The molecule has 2 heterocycles. The van der Waals surface area contributed by atoms with Crippen LogP contribution in [0.3, 0.4) is 0 Å². The Morgan fingerprint density at radius 3 is 2.38 bits per heavy atom. The van der Waals surface area contributed by atoms with E-state index in [1.165, 1.54) is 12.3 Å². The third-order valence-electron chi connectivity index (χ3n) is 6.47. The molecule has 190 valence electrons. The zero-order chi connectivity index (χ0) is 26.0.